The van der Waals surface area contributed by atoms with Gasteiger partial charge in [-0.2, -0.15) is 0 Å². The van der Waals surface area contributed by atoms with Crippen LogP contribution in [0.4, 0.5) is 4.79 Å². The number of rotatable bonds is 0. The summed E-state index contributed by atoms with van der Waals surface area (Å²) < 4.78 is 0. The molecule has 0 unspecified atom stereocenters. The fourth-order valence-electron chi connectivity index (χ4n) is 0. The standard InChI is InChI=1S/CH2O3.Cr.Na.H/c2-1(3)4;;;/h(H2,2,3,4);;;/q;;+1;-1. The molecule has 5 heteroatoms. The SMILES string of the molecule is O=C(O)O.[Cr].[H-].[Na+]. The van der Waals surface area contributed by atoms with Crippen LogP contribution in [-0.4, -0.2) is 16.4 Å². The van der Waals surface area contributed by atoms with Crippen LogP contribution in [0, 0.1) is 0 Å². The third-order valence-corrected chi connectivity index (χ3v) is 0. The maximum atomic E-state index is 8.56. The van der Waals surface area contributed by atoms with E-state index in [9.17, 15) is 0 Å². The Bertz CT molecular complexity index is 37.9. The Labute approximate surface area is 69.3 Å². The fraction of sp³-hybridized carbons (Fsp3) is 0. The summed E-state index contributed by atoms with van der Waals surface area (Å²) in [6.07, 6.45) is -1.83. The zero-order valence-electron chi connectivity index (χ0n) is 4.21. The van der Waals surface area contributed by atoms with Crippen LogP contribution in [0.3, 0.4) is 0 Å². The van der Waals surface area contributed by atoms with Crippen LogP contribution < -0.4 is 29.6 Å². The van der Waals surface area contributed by atoms with E-state index in [0.29, 0.717) is 0 Å². The smallest absolute Gasteiger partial charge is 1.00 e. The van der Waals surface area contributed by atoms with Gasteiger partial charge in [-0.25, -0.2) is 4.79 Å². The molecule has 0 aromatic heterocycles. The van der Waals surface area contributed by atoms with Crippen molar-refractivity contribution in [3.63, 3.8) is 0 Å². The van der Waals surface area contributed by atoms with Gasteiger partial charge in [0.1, 0.15) is 0 Å². The van der Waals surface area contributed by atoms with Crippen molar-refractivity contribution < 1.29 is 63.4 Å². The van der Waals surface area contributed by atoms with Crippen LogP contribution in [0.1, 0.15) is 1.43 Å². The van der Waals surface area contributed by atoms with Crippen molar-refractivity contribution in [2.75, 3.05) is 0 Å². The molecule has 0 aromatic carbocycles. The van der Waals surface area contributed by atoms with E-state index in [1.807, 2.05) is 0 Å². The number of carboxylic acid groups (broad SMARTS) is 2. The minimum atomic E-state index is -1.83. The minimum absolute atomic E-state index is 0. The molecule has 0 radical (unpaired) electrons. The Kier molecular flexibility index (Phi) is 24.4. The van der Waals surface area contributed by atoms with Gasteiger partial charge in [-0.15, -0.1) is 0 Å². The molecule has 0 aliphatic rings. The number of hydrogen-bond acceptors (Lipinski definition) is 1. The summed E-state index contributed by atoms with van der Waals surface area (Å²) in [4.78, 5) is 8.56. The van der Waals surface area contributed by atoms with E-state index in [4.69, 9.17) is 15.0 Å². The van der Waals surface area contributed by atoms with Crippen LogP contribution in [0.5, 0.6) is 0 Å². The van der Waals surface area contributed by atoms with Crippen molar-refractivity contribution in [3.8, 4) is 0 Å². The molecule has 0 aliphatic heterocycles. The first-order valence-electron chi connectivity index (χ1n) is 0.651. The van der Waals surface area contributed by atoms with E-state index < -0.39 is 6.16 Å². The van der Waals surface area contributed by atoms with Crippen LogP contribution in [0.15, 0.2) is 0 Å². The fourth-order valence-corrected chi connectivity index (χ4v) is 0. The van der Waals surface area contributed by atoms with E-state index in [2.05, 4.69) is 0 Å². The Morgan fingerprint density at radius 2 is 1.50 bits per heavy atom. The second kappa shape index (κ2) is 9.26. The molecule has 2 N–H and O–H groups in total. The predicted molar refractivity (Wildman–Crippen MR) is 11.8 cm³/mol. The topological polar surface area (TPSA) is 57.5 Å². The number of hydrogen-bond donors (Lipinski definition) is 2. The van der Waals surface area contributed by atoms with Gasteiger partial charge in [-0.1, -0.05) is 0 Å². The van der Waals surface area contributed by atoms with E-state index >= 15 is 0 Å². The van der Waals surface area contributed by atoms with Crippen LogP contribution in [0.25, 0.3) is 0 Å². The van der Waals surface area contributed by atoms with Crippen LogP contribution in [0.2, 0.25) is 0 Å². The first-order chi connectivity index (χ1) is 1.73. The molecule has 3 nitrogen and oxygen atoms in total. The molecule has 32 valence electrons. The second-order valence-electron chi connectivity index (χ2n) is 0.283. The van der Waals surface area contributed by atoms with Gasteiger partial charge in [0, 0.05) is 17.4 Å². The Hall–Kier alpha value is 0.802. The van der Waals surface area contributed by atoms with Gasteiger partial charge in [0.15, 0.2) is 0 Å². The maximum Gasteiger partial charge on any atom is 1.00 e. The molecule has 0 aromatic rings. The molecule has 0 aliphatic carbocycles. The Morgan fingerprint density at radius 1 is 1.50 bits per heavy atom. The van der Waals surface area contributed by atoms with Crippen molar-refractivity contribution in [2.24, 2.45) is 0 Å². The number of carbonyl (C=O) groups is 1. The van der Waals surface area contributed by atoms with E-state index in [1.54, 1.807) is 0 Å². The van der Waals surface area contributed by atoms with E-state index in [0.717, 1.165) is 0 Å². The van der Waals surface area contributed by atoms with E-state index in [1.165, 1.54) is 0 Å². The van der Waals surface area contributed by atoms with Gasteiger partial charge in [0.2, 0.25) is 0 Å². The molecule has 0 heterocycles. The summed E-state index contributed by atoms with van der Waals surface area (Å²) >= 11 is 0. The molecule has 0 rings (SSSR count). The molecule has 0 saturated carbocycles. The van der Waals surface area contributed by atoms with Crippen LogP contribution in [-0.2, 0) is 17.4 Å². The minimum Gasteiger partial charge on any atom is -1.00 e. The summed E-state index contributed by atoms with van der Waals surface area (Å²) in [7, 11) is 0. The zero-order chi connectivity index (χ0) is 3.58. The van der Waals surface area contributed by atoms with Crippen molar-refractivity contribution in [1.82, 2.24) is 0 Å². The van der Waals surface area contributed by atoms with Gasteiger partial charge >= 0.3 is 35.7 Å². The van der Waals surface area contributed by atoms with E-state index in [-0.39, 0.29) is 48.3 Å². The van der Waals surface area contributed by atoms with Crippen LogP contribution >= 0.6 is 0 Å². The summed E-state index contributed by atoms with van der Waals surface area (Å²) in [6, 6.07) is 0. The summed E-state index contributed by atoms with van der Waals surface area (Å²) in [5.41, 5.74) is 0. The second-order valence-corrected chi connectivity index (χ2v) is 0.283. The summed E-state index contributed by atoms with van der Waals surface area (Å²) in [5.74, 6) is 0. The maximum absolute atomic E-state index is 8.56. The normalized spacial score (nSPS) is 4.00. The average molecular weight is 138 g/mol. The summed E-state index contributed by atoms with van der Waals surface area (Å²) in [6.45, 7) is 0. The predicted octanol–water partition coefficient (Wildman–Crippen LogP) is -2.66. The summed E-state index contributed by atoms with van der Waals surface area (Å²) in [5, 5.41) is 13.9. The molecule has 0 amide bonds. The molecule has 0 saturated heterocycles. The molecule has 0 fully saturated rings. The van der Waals surface area contributed by atoms with Gasteiger partial charge in [-0.05, 0) is 0 Å². The van der Waals surface area contributed by atoms with Gasteiger partial charge in [0.05, 0.1) is 0 Å². The molecular weight excluding hydrogens is 135 g/mol. The third kappa shape index (κ3) is 108. The molecule has 6 heavy (non-hydrogen) atoms. The Balaban J connectivity index is -0.0000000150. The van der Waals surface area contributed by atoms with Crippen molar-refractivity contribution in [2.45, 2.75) is 0 Å². The molecule has 0 bridgehead atoms. The largest absolute Gasteiger partial charge is 1.00 e. The van der Waals surface area contributed by atoms with Crippen molar-refractivity contribution in [3.05, 3.63) is 0 Å². The monoisotopic (exact) mass is 138 g/mol. The Morgan fingerprint density at radius 3 is 1.50 bits per heavy atom. The average Bonchev–Trinajstić information content (AvgIpc) is 0.811. The van der Waals surface area contributed by atoms with Gasteiger partial charge < -0.3 is 11.6 Å². The van der Waals surface area contributed by atoms with Crippen molar-refractivity contribution >= 4 is 6.16 Å². The zero-order valence-corrected chi connectivity index (χ0v) is 6.49. The quantitative estimate of drug-likeness (QED) is 0.359. The molecule has 0 atom stereocenters. The molecule has 0 spiro atoms. The molecular formula is CH3CrNaO3. The van der Waals surface area contributed by atoms with Crippen molar-refractivity contribution in [1.29, 1.82) is 0 Å². The van der Waals surface area contributed by atoms with Gasteiger partial charge in [0.25, 0.3) is 0 Å². The first kappa shape index (κ1) is 15.8. The van der Waals surface area contributed by atoms with Gasteiger partial charge in [-0.3, -0.25) is 0 Å². The first-order valence-corrected chi connectivity index (χ1v) is 0.651. The third-order valence-electron chi connectivity index (χ3n) is 0.